The molecule has 0 saturated heterocycles. The Balaban J connectivity index is 1.51. The molecule has 5 rings (SSSR count). The number of nitrogens with one attached hydrogen (secondary N) is 1. The van der Waals surface area contributed by atoms with Crippen molar-refractivity contribution >= 4 is 28.8 Å². The van der Waals surface area contributed by atoms with Crippen LogP contribution in [0.3, 0.4) is 0 Å². The van der Waals surface area contributed by atoms with E-state index in [1.165, 1.54) is 11.3 Å². The normalized spacial score (nSPS) is 41.9. The van der Waals surface area contributed by atoms with Gasteiger partial charge in [-0.2, -0.15) is 0 Å². The van der Waals surface area contributed by atoms with Gasteiger partial charge in [0.15, 0.2) is 0 Å². The van der Waals surface area contributed by atoms with Gasteiger partial charge in [0.2, 0.25) is 5.91 Å². The molecule has 4 bridgehead atoms. The van der Waals surface area contributed by atoms with Crippen LogP contribution in [0.2, 0.25) is 0 Å². The third-order valence-corrected chi connectivity index (χ3v) is 6.79. The zero-order valence-corrected chi connectivity index (χ0v) is 13.1. The Hall–Kier alpha value is -0.540. The highest BCUT2D eigenvalue weighted by atomic mass is 35.5. The molecule has 4 saturated carbocycles. The molecular formula is C16H20ClNOS. The summed E-state index contributed by atoms with van der Waals surface area (Å²) in [5, 5.41) is 5.23. The zero-order valence-electron chi connectivity index (χ0n) is 11.5. The Morgan fingerprint density at radius 2 is 2.10 bits per heavy atom. The van der Waals surface area contributed by atoms with E-state index in [0.29, 0.717) is 18.4 Å². The number of hydrogen-bond acceptors (Lipinski definition) is 2. The summed E-state index contributed by atoms with van der Waals surface area (Å²) >= 11 is 8.49. The van der Waals surface area contributed by atoms with Crippen LogP contribution in [0.25, 0.3) is 0 Å². The van der Waals surface area contributed by atoms with Crippen molar-refractivity contribution in [2.45, 2.75) is 49.9 Å². The Morgan fingerprint density at radius 3 is 2.70 bits per heavy atom. The summed E-state index contributed by atoms with van der Waals surface area (Å²) in [4.78, 5) is 13.9. The SMILES string of the molecule is O=C(NCc1cccs1)C12C[C@@H]3C[C@@H](CC(Cl)(C3)C1)C2. The first-order chi connectivity index (χ1) is 9.57. The molecular weight excluding hydrogens is 290 g/mol. The van der Waals surface area contributed by atoms with E-state index in [0.717, 1.165) is 32.1 Å². The van der Waals surface area contributed by atoms with Gasteiger partial charge < -0.3 is 5.32 Å². The van der Waals surface area contributed by atoms with Crippen molar-refractivity contribution in [2.24, 2.45) is 17.3 Å². The van der Waals surface area contributed by atoms with Gasteiger partial charge in [-0.25, -0.2) is 0 Å². The minimum atomic E-state index is -0.164. The van der Waals surface area contributed by atoms with E-state index in [9.17, 15) is 4.79 Å². The first-order valence-corrected chi connectivity index (χ1v) is 8.82. The average molecular weight is 310 g/mol. The highest BCUT2D eigenvalue weighted by Gasteiger charge is 2.59. The highest BCUT2D eigenvalue weighted by molar-refractivity contribution is 7.09. The van der Waals surface area contributed by atoms with Gasteiger partial charge in [-0.1, -0.05) is 6.07 Å². The number of carbonyl (C=O) groups is 1. The molecule has 0 aliphatic heterocycles. The van der Waals surface area contributed by atoms with E-state index >= 15 is 0 Å². The maximum atomic E-state index is 12.8. The number of amides is 1. The van der Waals surface area contributed by atoms with Crippen molar-refractivity contribution in [2.75, 3.05) is 0 Å². The minimum Gasteiger partial charge on any atom is -0.351 e. The lowest BCUT2D eigenvalue weighted by Gasteiger charge is -2.59. The molecule has 0 aromatic carbocycles. The van der Waals surface area contributed by atoms with Gasteiger partial charge in [0.05, 0.1) is 12.0 Å². The topological polar surface area (TPSA) is 29.1 Å². The smallest absolute Gasteiger partial charge is 0.226 e. The summed E-state index contributed by atoms with van der Waals surface area (Å²) < 4.78 is 0. The van der Waals surface area contributed by atoms with Gasteiger partial charge in [0.1, 0.15) is 0 Å². The fourth-order valence-electron chi connectivity index (χ4n) is 5.18. The first-order valence-electron chi connectivity index (χ1n) is 7.57. The molecule has 4 atom stereocenters. The average Bonchev–Trinajstić information content (AvgIpc) is 2.85. The van der Waals surface area contributed by atoms with Crippen LogP contribution in [0, 0.1) is 17.3 Å². The van der Waals surface area contributed by atoms with Crippen molar-refractivity contribution in [3.63, 3.8) is 0 Å². The quantitative estimate of drug-likeness (QED) is 0.842. The monoisotopic (exact) mass is 309 g/mol. The molecule has 4 fully saturated rings. The molecule has 0 spiro atoms. The third-order valence-electron chi connectivity index (χ3n) is 5.47. The van der Waals surface area contributed by atoms with Crippen LogP contribution in [-0.2, 0) is 11.3 Å². The van der Waals surface area contributed by atoms with E-state index in [-0.39, 0.29) is 16.2 Å². The Morgan fingerprint density at radius 1 is 1.35 bits per heavy atom. The van der Waals surface area contributed by atoms with Crippen LogP contribution >= 0.6 is 22.9 Å². The summed E-state index contributed by atoms with van der Waals surface area (Å²) in [6, 6.07) is 4.11. The van der Waals surface area contributed by atoms with Crippen LogP contribution in [0.15, 0.2) is 17.5 Å². The summed E-state index contributed by atoms with van der Waals surface area (Å²) in [5.41, 5.74) is -0.164. The van der Waals surface area contributed by atoms with Crippen molar-refractivity contribution < 1.29 is 4.79 Å². The van der Waals surface area contributed by atoms with Crippen molar-refractivity contribution in [3.05, 3.63) is 22.4 Å². The molecule has 2 nitrogen and oxygen atoms in total. The van der Waals surface area contributed by atoms with E-state index in [1.54, 1.807) is 11.3 Å². The fourth-order valence-corrected chi connectivity index (χ4v) is 6.52. The molecule has 1 amide bonds. The second kappa shape index (κ2) is 4.48. The van der Waals surface area contributed by atoms with E-state index in [4.69, 9.17) is 11.6 Å². The molecule has 2 unspecified atom stereocenters. The lowest BCUT2D eigenvalue weighted by atomic mass is 9.49. The standard InChI is InChI=1S/C16H20ClNOS/c17-16-7-11-4-12(8-16)6-15(5-11,10-16)14(19)18-9-13-2-1-3-20-13/h1-3,11-12H,4-10H2,(H,18,19)/t11-,12+,15?,16?. The Bertz CT molecular complexity index is 513. The second-order valence-corrected chi connectivity index (χ2v) is 8.99. The van der Waals surface area contributed by atoms with Gasteiger partial charge in [0, 0.05) is 9.75 Å². The molecule has 0 radical (unpaired) electrons. The van der Waals surface area contributed by atoms with Crippen molar-refractivity contribution in [1.29, 1.82) is 0 Å². The lowest BCUT2D eigenvalue weighted by Crippen LogP contribution is -2.58. The molecule has 1 N–H and O–H groups in total. The predicted octanol–water partition coefficient (Wildman–Crippen LogP) is 3.94. The van der Waals surface area contributed by atoms with E-state index in [2.05, 4.69) is 16.8 Å². The lowest BCUT2D eigenvalue weighted by molar-refractivity contribution is -0.144. The molecule has 4 aliphatic rings. The van der Waals surface area contributed by atoms with Crippen molar-refractivity contribution in [3.8, 4) is 0 Å². The number of carbonyl (C=O) groups excluding carboxylic acids is 1. The van der Waals surface area contributed by atoms with Crippen LogP contribution in [0.5, 0.6) is 0 Å². The molecule has 4 aliphatic carbocycles. The molecule has 1 heterocycles. The largest absolute Gasteiger partial charge is 0.351 e. The van der Waals surface area contributed by atoms with E-state index in [1.807, 2.05) is 6.07 Å². The van der Waals surface area contributed by atoms with Crippen LogP contribution in [-0.4, -0.2) is 10.8 Å². The van der Waals surface area contributed by atoms with Gasteiger partial charge in [0.25, 0.3) is 0 Å². The van der Waals surface area contributed by atoms with Crippen LogP contribution in [0.1, 0.15) is 43.4 Å². The molecule has 108 valence electrons. The number of hydrogen-bond donors (Lipinski definition) is 1. The maximum absolute atomic E-state index is 12.8. The van der Waals surface area contributed by atoms with Gasteiger partial charge >= 0.3 is 0 Å². The first kappa shape index (κ1) is 13.1. The van der Waals surface area contributed by atoms with E-state index < -0.39 is 0 Å². The summed E-state index contributed by atoms with van der Waals surface area (Å²) in [6.07, 6.45) is 6.58. The summed E-state index contributed by atoms with van der Waals surface area (Å²) in [5.74, 6) is 1.62. The summed E-state index contributed by atoms with van der Waals surface area (Å²) in [7, 11) is 0. The molecule has 1 aromatic rings. The van der Waals surface area contributed by atoms with Gasteiger partial charge in [-0.05, 0) is 61.8 Å². The number of halogens is 1. The van der Waals surface area contributed by atoms with Crippen LogP contribution in [0.4, 0.5) is 0 Å². The number of rotatable bonds is 3. The van der Waals surface area contributed by atoms with Gasteiger partial charge in [-0.3, -0.25) is 4.79 Å². The van der Waals surface area contributed by atoms with Gasteiger partial charge in [-0.15, -0.1) is 22.9 Å². The maximum Gasteiger partial charge on any atom is 0.226 e. The third kappa shape index (κ3) is 2.10. The second-order valence-electron chi connectivity index (χ2n) is 7.15. The highest BCUT2D eigenvalue weighted by Crippen LogP contribution is 2.63. The Labute approximate surface area is 128 Å². The van der Waals surface area contributed by atoms with Crippen molar-refractivity contribution in [1.82, 2.24) is 5.32 Å². The van der Waals surface area contributed by atoms with Crippen LogP contribution < -0.4 is 5.32 Å². The minimum absolute atomic E-state index is 0.0790. The fraction of sp³-hybridized carbons (Fsp3) is 0.688. The molecule has 1 aromatic heterocycles. The molecule has 4 heteroatoms. The summed E-state index contributed by atoms with van der Waals surface area (Å²) in [6.45, 7) is 0.670. The predicted molar refractivity (Wildman–Crippen MR) is 81.9 cm³/mol. The molecule has 20 heavy (non-hydrogen) atoms. The zero-order chi connectivity index (χ0) is 13.8. The Kier molecular flexibility index (Phi) is 2.94. The number of thiophene rings is 1. The number of alkyl halides is 1.